The van der Waals surface area contributed by atoms with Crippen molar-refractivity contribution in [1.82, 2.24) is 4.90 Å². The van der Waals surface area contributed by atoms with Crippen molar-refractivity contribution in [2.75, 3.05) is 6.54 Å². The van der Waals surface area contributed by atoms with Crippen LogP contribution in [-0.4, -0.2) is 17.5 Å². The summed E-state index contributed by atoms with van der Waals surface area (Å²) in [5, 5.41) is 0.840. The zero-order valence-corrected chi connectivity index (χ0v) is 14.1. The maximum absolute atomic E-state index is 6.40. The number of nitrogens with two attached hydrogens (primary N) is 1. The van der Waals surface area contributed by atoms with Crippen LogP contribution in [0.4, 0.5) is 0 Å². The van der Waals surface area contributed by atoms with E-state index < -0.39 is 0 Å². The molecular weight excluding hydrogens is 268 g/mol. The molecule has 0 aliphatic carbocycles. The van der Waals surface area contributed by atoms with Crippen LogP contribution < -0.4 is 5.73 Å². The molecule has 1 aromatic rings. The van der Waals surface area contributed by atoms with Crippen LogP contribution in [0.1, 0.15) is 51.7 Å². The van der Waals surface area contributed by atoms with Crippen molar-refractivity contribution in [3.05, 3.63) is 34.3 Å². The summed E-state index contributed by atoms with van der Waals surface area (Å²) in [6.45, 7) is 11.7. The van der Waals surface area contributed by atoms with Crippen LogP contribution in [0.15, 0.2) is 18.2 Å². The topological polar surface area (TPSA) is 29.3 Å². The van der Waals surface area contributed by atoms with Gasteiger partial charge in [0.05, 0.1) is 0 Å². The Morgan fingerprint density at radius 3 is 2.30 bits per heavy atom. The van der Waals surface area contributed by atoms with Gasteiger partial charge in [-0.25, -0.2) is 0 Å². The third-order valence-electron chi connectivity index (χ3n) is 3.79. The van der Waals surface area contributed by atoms with Gasteiger partial charge in [-0.3, -0.25) is 4.90 Å². The van der Waals surface area contributed by atoms with Gasteiger partial charge in [0.1, 0.15) is 0 Å². The van der Waals surface area contributed by atoms with E-state index in [-0.39, 0.29) is 0 Å². The summed E-state index contributed by atoms with van der Waals surface area (Å²) in [6, 6.07) is 6.84. The summed E-state index contributed by atoms with van der Waals surface area (Å²) in [4.78, 5) is 2.56. The monoisotopic (exact) mass is 296 g/mol. The Morgan fingerprint density at radius 2 is 1.85 bits per heavy atom. The van der Waals surface area contributed by atoms with E-state index in [0.29, 0.717) is 18.5 Å². The molecule has 1 aromatic carbocycles. The lowest BCUT2D eigenvalue weighted by atomic mass is 10.0. The predicted octanol–water partition coefficient (Wildman–Crippen LogP) is 4.45. The average molecular weight is 297 g/mol. The maximum Gasteiger partial charge on any atom is 0.0454 e. The molecule has 2 nitrogen and oxygen atoms in total. The molecule has 2 N–H and O–H groups in total. The third kappa shape index (κ3) is 5.08. The SMILES string of the molecule is CCC(CC)N(Cc1ccc(CN)cc1Cl)CC(C)C. The number of hydrogen-bond acceptors (Lipinski definition) is 2. The molecule has 0 saturated heterocycles. The number of benzene rings is 1. The van der Waals surface area contributed by atoms with Crippen LogP contribution in [0, 0.1) is 5.92 Å². The zero-order valence-electron chi connectivity index (χ0n) is 13.3. The Bertz CT molecular complexity index is 400. The van der Waals surface area contributed by atoms with Gasteiger partial charge < -0.3 is 5.73 Å². The van der Waals surface area contributed by atoms with E-state index in [1.165, 1.54) is 18.4 Å². The molecular formula is C17H29ClN2. The third-order valence-corrected chi connectivity index (χ3v) is 4.14. The Labute approximate surface area is 129 Å². The smallest absolute Gasteiger partial charge is 0.0454 e. The predicted molar refractivity (Wildman–Crippen MR) is 89.0 cm³/mol. The number of rotatable bonds is 8. The second-order valence-electron chi connectivity index (χ2n) is 5.92. The fraction of sp³-hybridized carbons (Fsp3) is 0.647. The van der Waals surface area contributed by atoms with Gasteiger partial charge in [-0.15, -0.1) is 0 Å². The van der Waals surface area contributed by atoms with Gasteiger partial charge in [0, 0.05) is 30.7 Å². The quantitative estimate of drug-likeness (QED) is 0.768. The molecule has 0 atom stereocenters. The maximum atomic E-state index is 6.40. The van der Waals surface area contributed by atoms with E-state index in [9.17, 15) is 0 Å². The molecule has 0 aliphatic rings. The van der Waals surface area contributed by atoms with E-state index in [1.54, 1.807) is 0 Å². The van der Waals surface area contributed by atoms with E-state index >= 15 is 0 Å². The molecule has 0 aliphatic heterocycles. The standard InChI is InChI=1S/C17H29ClN2/c1-5-16(6-2)20(11-13(3)4)12-15-8-7-14(10-19)9-17(15)18/h7-9,13,16H,5-6,10-12,19H2,1-4H3. The second kappa shape index (κ2) is 8.66. The summed E-state index contributed by atoms with van der Waals surface area (Å²) < 4.78 is 0. The van der Waals surface area contributed by atoms with Gasteiger partial charge in [0.25, 0.3) is 0 Å². The number of hydrogen-bond donors (Lipinski definition) is 1. The molecule has 3 heteroatoms. The van der Waals surface area contributed by atoms with Gasteiger partial charge in [0.2, 0.25) is 0 Å². The van der Waals surface area contributed by atoms with E-state index in [4.69, 9.17) is 17.3 Å². The Morgan fingerprint density at radius 1 is 1.20 bits per heavy atom. The fourth-order valence-corrected chi connectivity index (χ4v) is 2.94. The highest BCUT2D eigenvalue weighted by atomic mass is 35.5. The van der Waals surface area contributed by atoms with E-state index in [2.05, 4.69) is 44.7 Å². The van der Waals surface area contributed by atoms with Gasteiger partial charge >= 0.3 is 0 Å². The first kappa shape index (κ1) is 17.5. The fourth-order valence-electron chi connectivity index (χ4n) is 2.68. The molecule has 0 saturated carbocycles. The highest BCUT2D eigenvalue weighted by Crippen LogP contribution is 2.22. The lowest BCUT2D eigenvalue weighted by Gasteiger charge is -2.32. The van der Waals surface area contributed by atoms with Gasteiger partial charge in [-0.05, 0) is 36.0 Å². The van der Waals surface area contributed by atoms with Crippen molar-refractivity contribution < 1.29 is 0 Å². The van der Waals surface area contributed by atoms with Crippen LogP contribution in [0.5, 0.6) is 0 Å². The van der Waals surface area contributed by atoms with Crippen molar-refractivity contribution in [1.29, 1.82) is 0 Å². The average Bonchev–Trinajstić information content (AvgIpc) is 2.41. The summed E-state index contributed by atoms with van der Waals surface area (Å²) in [5.74, 6) is 0.665. The van der Waals surface area contributed by atoms with Crippen molar-refractivity contribution in [3.8, 4) is 0 Å². The molecule has 0 bridgehead atoms. The minimum Gasteiger partial charge on any atom is -0.326 e. The summed E-state index contributed by atoms with van der Waals surface area (Å²) in [5.41, 5.74) is 7.96. The van der Waals surface area contributed by atoms with Crippen LogP contribution in [0.3, 0.4) is 0 Å². The molecule has 1 rings (SSSR count). The first-order valence-electron chi connectivity index (χ1n) is 7.73. The highest BCUT2D eigenvalue weighted by Gasteiger charge is 2.17. The normalized spacial score (nSPS) is 11.8. The molecule has 0 aromatic heterocycles. The van der Waals surface area contributed by atoms with Crippen molar-refractivity contribution in [3.63, 3.8) is 0 Å². The van der Waals surface area contributed by atoms with Crippen molar-refractivity contribution >= 4 is 11.6 Å². The molecule has 114 valence electrons. The molecule has 0 amide bonds. The molecule has 20 heavy (non-hydrogen) atoms. The van der Waals surface area contributed by atoms with Crippen molar-refractivity contribution in [2.24, 2.45) is 11.7 Å². The Balaban J connectivity index is 2.88. The number of nitrogens with zero attached hydrogens (tertiary/aromatic N) is 1. The first-order valence-corrected chi connectivity index (χ1v) is 8.10. The summed E-state index contributed by atoms with van der Waals surface area (Å²) in [7, 11) is 0. The summed E-state index contributed by atoms with van der Waals surface area (Å²) in [6.07, 6.45) is 2.36. The van der Waals surface area contributed by atoms with Crippen LogP contribution >= 0.6 is 11.6 Å². The van der Waals surface area contributed by atoms with Crippen LogP contribution in [-0.2, 0) is 13.1 Å². The van der Waals surface area contributed by atoms with Gasteiger partial charge in [-0.2, -0.15) is 0 Å². The molecule has 0 fully saturated rings. The van der Waals surface area contributed by atoms with Crippen molar-refractivity contribution in [2.45, 2.75) is 59.7 Å². The molecule has 0 radical (unpaired) electrons. The van der Waals surface area contributed by atoms with E-state index in [1.807, 2.05) is 6.07 Å². The number of halogens is 1. The van der Waals surface area contributed by atoms with Crippen LogP contribution in [0.25, 0.3) is 0 Å². The lowest BCUT2D eigenvalue weighted by molar-refractivity contribution is 0.157. The van der Waals surface area contributed by atoms with Gasteiger partial charge in [-0.1, -0.05) is 51.4 Å². The Kier molecular flexibility index (Phi) is 7.57. The highest BCUT2D eigenvalue weighted by molar-refractivity contribution is 6.31. The largest absolute Gasteiger partial charge is 0.326 e. The van der Waals surface area contributed by atoms with Gasteiger partial charge in [0.15, 0.2) is 0 Å². The summed E-state index contributed by atoms with van der Waals surface area (Å²) >= 11 is 6.40. The zero-order chi connectivity index (χ0) is 15.1. The minimum absolute atomic E-state index is 0.544. The van der Waals surface area contributed by atoms with E-state index in [0.717, 1.165) is 23.7 Å². The first-order chi connectivity index (χ1) is 9.51. The van der Waals surface area contributed by atoms with Crippen LogP contribution in [0.2, 0.25) is 5.02 Å². The molecule has 0 spiro atoms. The second-order valence-corrected chi connectivity index (χ2v) is 6.33. The lowest BCUT2D eigenvalue weighted by Crippen LogP contribution is -2.36. The minimum atomic E-state index is 0.544. The Hall–Kier alpha value is -0.570. The molecule has 0 unspecified atom stereocenters. The molecule has 0 heterocycles.